The summed E-state index contributed by atoms with van der Waals surface area (Å²) in [5.41, 5.74) is -0.708. The Labute approximate surface area is 98.0 Å². The summed E-state index contributed by atoms with van der Waals surface area (Å²) in [4.78, 5) is 11.4. The van der Waals surface area contributed by atoms with E-state index in [1.165, 1.54) is 0 Å². The number of carbonyl (C=O) groups excluding carboxylic acids is 1. The Morgan fingerprint density at radius 2 is 2.14 bits per heavy atom. The third-order valence-electron chi connectivity index (χ3n) is 2.03. The van der Waals surface area contributed by atoms with Crippen LogP contribution in [0.25, 0.3) is 0 Å². The van der Waals surface area contributed by atoms with Crippen molar-refractivity contribution in [2.45, 2.75) is 42.3 Å². The van der Waals surface area contributed by atoms with E-state index in [0.717, 1.165) is 6.42 Å². The lowest BCUT2D eigenvalue weighted by molar-refractivity contribution is -0.123. The van der Waals surface area contributed by atoms with Crippen LogP contribution in [0, 0.1) is 0 Å². The molecule has 1 saturated heterocycles. The molecule has 1 N–H and O–H groups in total. The van der Waals surface area contributed by atoms with Gasteiger partial charge in [0.05, 0.1) is 0 Å². The maximum atomic E-state index is 11.4. The van der Waals surface area contributed by atoms with Gasteiger partial charge in [0.25, 0.3) is 5.91 Å². The summed E-state index contributed by atoms with van der Waals surface area (Å²) in [5.74, 6) is -0.374. The van der Waals surface area contributed by atoms with E-state index in [4.69, 9.17) is 39.5 Å². The Morgan fingerprint density at radius 1 is 1.57 bits per heavy atom. The standard InChI is InChI=1S/C8H12Cl3NO2/c1-3-4-7(2)12-6(13)5(14-7)8(9,10)11/h5H,3-4H2,1-2H3,(H,12,13)/t5-,7-/m0/s1. The Hall–Kier alpha value is 0.300. The van der Waals surface area contributed by atoms with E-state index in [1.54, 1.807) is 6.92 Å². The lowest BCUT2D eigenvalue weighted by atomic mass is 10.1. The molecular formula is C8H12Cl3NO2. The summed E-state index contributed by atoms with van der Waals surface area (Å²) >= 11 is 16.8. The number of halogens is 3. The second-order valence-electron chi connectivity index (χ2n) is 3.51. The van der Waals surface area contributed by atoms with Gasteiger partial charge in [-0.2, -0.15) is 0 Å². The van der Waals surface area contributed by atoms with Crippen molar-refractivity contribution < 1.29 is 9.53 Å². The Bertz CT molecular complexity index is 241. The van der Waals surface area contributed by atoms with E-state index in [0.29, 0.717) is 6.42 Å². The molecule has 0 aromatic rings. The molecule has 1 heterocycles. The SMILES string of the molecule is CCC[C@@]1(C)NC(=O)[C@@H](C(Cl)(Cl)Cl)O1. The number of carbonyl (C=O) groups is 1. The van der Waals surface area contributed by atoms with Crippen molar-refractivity contribution >= 4 is 40.7 Å². The Morgan fingerprint density at radius 3 is 2.50 bits per heavy atom. The monoisotopic (exact) mass is 259 g/mol. The van der Waals surface area contributed by atoms with Crippen LogP contribution >= 0.6 is 34.8 Å². The minimum atomic E-state index is -1.71. The molecule has 1 aliphatic heterocycles. The van der Waals surface area contributed by atoms with E-state index in [-0.39, 0.29) is 5.91 Å². The zero-order valence-electron chi connectivity index (χ0n) is 7.94. The maximum Gasteiger partial charge on any atom is 0.255 e. The van der Waals surface area contributed by atoms with Gasteiger partial charge in [-0.05, 0) is 13.3 Å². The predicted molar refractivity (Wildman–Crippen MR) is 56.6 cm³/mol. The number of amides is 1. The van der Waals surface area contributed by atoms with Crippen molar-refractivity contribution in [3.05, 3.63) is 0 Å². The van der Waals surface area contributed by atoms with Gasteiger partial charge >= 0.3 is 0 Å². The molecule has 1 aliphatic rings. The quantitative estimate of drug-likeness (QED) is 0.774. The van der Waals surface area contributed by atoms with Crippen molar-refractivity contribution in [3.8, 4) is 0 Å². The second-order valence-corrected chi connectivity index (χ2v) is 5.88. The van der Waals surface area contributed by atoms with Crippen molar-refractivity contribution in [2.24, 2.45) is 0 Å². The van der Waals surface area contributed by atoms with Crippen LogP contribution < -0.4 is 5.32 Å². The number of ether oxygens (including phenoxy) is 1. The van der Waals surface area contributed by atoms with Crippen LogP contribution in [0.1, 0.15) is 26.7 Å². The number of rotatable bonds is 2. The third kappa shape index (κ3) is 2.66. The summed E-state index contributed by atoms with van der Waals surface area (Å²) in [6, 6.07) is 0. The highest BCUT2D eigenvalue weighted by molar-refractivity contribution is 6.68. The Balaban J connectivity index is 2.74. The first-order chi connectivity index (χ1) is 6.28. The molecule has 0 aromatic carbocycles. The Kier molecular flexibility index (Phi) is 3.58. The fourth-order valence-electron chi connectivity index (χ4n) is 1.48. The molecule has 6 heteroatoms. The highest BCUT2D eigenvalue weighted by atomic mass is 35.6. The van der Waals surface area contributed by atoms with Crippen molar-refractivity contribution in [1.29, 1.82) is 0 Å². The minimum Gasteiger partial charge on any atom is -0.338 e. The molecule has 0 unspecified atom stereocenters. The molecule has 3 nitrogen and oxygen atoms in total. The topological polar surface area (TPSA) is 38.3 Å². The second kappa shape index (κ2) is 4.05. The maximum absolute atomic E-state index is 11.4. The summed E-state index contributed by atoms with van der Waals surface area (Å²) in [7, 11) is 0. The molecule has 14 heavy (non-hydrogen) atoms. The number of alkyl halides is 3. The van der Waals surface area contributed by atoms with Crippen LogP contribution in [-0.2, 0) is 9.53 Å². The van der Waals surface area contributed by atoms with Gasteiger partial charge in [-0.3, -0.25) is 4.79 Å². The number of nitrogens with one attached hydrogen (secondary N) is 1. The molecule has 1 rings (SSSR count). The molecule has 82 valence electrons. The molecule has 1 fully saturated rings. The zero-order valence-corrected chi connectivity index (χ0v) is 10.2. The zero-order chi connectivity index (χ0) is 11.0. The van der Waals surface area contributed by atoms with Crippen molar-refractivity contribution in [3.63, 3.8) is 0 Å². The summed E-state index contributed by atoms with van der Waals surface area (Å²) in [5, 5.41) is 2.67. The van der Waals surface area contributed by atoms with E-state index in [9.17, 15) is 4.79 Å². The van der Waals surface area contributed by atoms with Gasteiger partial charge in [0, 0.05) is 0 Å². The van der Waals surface area contributed by atoms with E-state index in [1.807, 2.05) is 6.92 Å². The molecule has 0 bridgehead atoms. The molecule has 0 saturated carbocycles. The van der Waals surface area contributed by atoms with E-state index in [2.05, 4.69) is 5.32 Å². The van der Waals surface area contributed by atoms with Crippen LogP contribution in [0.4, 0.5) is 0 Å². The fraction of sp³-hybridized carbons (Fsp3) is 0.875. The lowest BCUT2D eigenvalue weighted by Gasteiger charge is -2.24. The summed E-state index contributed by atoms with van der Waals surface area (Å²) in [6.45, 7) is 3.76. The predicted octanol–water partition coefficient (Wildman–Crippen LogP) is 2.39. The summed E-state index contributed by atoms with van der Waals surface area (Å²) in [6.07, 6.45) is 0.545. The van der Waals surface area contributed by atoms with Gasteiger partial charge in [0.1, 0.15) is 5.72 Å². The molecular weight excluding hydrogens is 248 g/mol. The molecule has 2 atom stereocenters. The minimum absolute atomic E-state index is 0.374. The molecule has 0 aromatic heterocycles. The van der Waals surface area contributed by atoms with Gasteiger partial charge < -0.3 is 10.1 Å². The van der Waals surface area contributed by atoms with Gasteiger partial charge in [-0.15, -0.1) is 0 Å². The van der Waals surface area contributed by atoms with Crippen molar-refractivity contribution in [1.82, 2.24) is 5.32 Å². The lowest BCUT2D eigenvalue weighted by Crippen LogP contribution is -2.39. The third-order valence-corrected chi connectivity index (χ3v) is 2.62. The highest BCUT2D eigenvalue weighted by Gasteiger charge is 2.50. The van der Waals surface area contributed by atoms with Gasteiger partial charge in [0.15, 0.2) is 6.10 Å². The van der Waals surface area contributed by atoms with E-state index < -0.39 is 15.6 Å². The van der Waals surface area contributed by atoms with E-state index >= 15 is 0 Å². The van der Waals surface area contributed by atoms with Crippen LogP contribution in [0.2, 0.25) is 0 Å². The van der Waals surface area contributed by atoms with Gasteiger partial charge in [-0.1, -0.05) is 48.1 Å². The summed E-state index contributed by atoms with van der Waals surface area (Å²) < 4.78 is 3.70. The van der Waals surface area contributed by atoms with Crippen LogP contribution in [-0.4, -0.2) is 21.5 Å². The number of hydrogen-bond acceptors (Lipinski definition) is 2. The molecule has 0 aliphatic carbocycles. The molecule has 0 spiro atoms. The van der Waals surface area contributed by atoms with Gasteiger partial charge in [-0.25, -0.2) is 0 Å². The highest BCUT2D eigenvalue weighted by Crippen LogP contribution is 2.38. The van der Waals surface area contributed by atoms with Crippen LogP contribution in [0.15, 0.2) is 0 Å². The van der Waals surface area contributed by atoms with Gasteiger partial charge in [0.2, 0.25) is 3.79 Å². The smallest absolute Gasteiger partial charge is 0.255 e. The van der Waals surface area contributed by atoms with Crippen LogP contribution in [0.5, 0.6) is 0 Å². The molecule has 1 amide bonds. The fourth-order valence-corrected chi connectivity index (χ4v) is 1.91. The first kappa shape index (κ1) is 12.4. The average molecular weight is 261 g/mol. The normalized spacial score (nSPS) is 33.2. The van der Waals surface area contributed by atoms with Crippen LogP contribution in [0.3, 0.4) is 0 Å². The first-order valence-electron chi connectivity index (χ1n) is 4.35. The first-order valence-corrected chi connectivity index (χ1v) is 5.48. The average Bonchev–Trinajstić information content (AvgIpc) is 2.26. The van der Waals surface area contributed by atoms with Crippen molar-refractivity contribution in [2.75, 3.05) is 0 Å². The molecule has 0 radical (unpaired) electrons. The number of hydrogen-bond donors (Lipinski definition) is 1. The largest absolute Gasteiger partial charge is 0.338 e.